The molecular weight excluding hydrogens is 197 g/mol. The average Bonchev–Trinajstić information content (AvgIpc) is 2.30. The maximum absolute atomic E-state index is 13.3. The third-order valence-electron chi connectivity index (χ3n) is 2.38. The summed E-state index contributed by atoms with van der Waals surface area (Å²) in [5.41, 5.74) is 0.125. The van der Waals surface area contributed by atoms with Gasteiger partial charge in [-0.1, -0.05) is 12.1 Å². The highest BCUT2D eigenvalue weighted by Crippen LogP contribution is 2.10. The standard InChI is InChI=1S/C11H12FNO2/c12-9-4-2-1-3-8(9)11(14)10-7-15-6-5-13-10/h1-4,10,13H,5-7H2. The van der Waals surface area contributed by atoms with Crippen LogP contribution in [0.15, 0.2) is 24.3 Å². The molecule has 1 atom stereocenters. The molecule has 0 spiro atoms. The van der Waals surface area contributed by atoms with Crippen molar-refractivity contribution < 1.29 is 13.9 Å². The van der Waals surface area contributed by atoms with Gasteiger partial charge in [-0.25, -0.2) is 4.39 Å². The van der Waals surface area contributed by atoms with Crippen molar-refractivity contribution in [2.24, 2.45) is 0 Å². The molecule has 1 saturated heterocycles. The molecule has 0 aliphatic carbocycles. The first-order valence-corrected chi connectivity index (χ1v) is 4.89. The Labute approximate surface area is 87.2 Å². The summed E-state index contributed by atoms with van der Waals surface area (Å²) in [6.07, 6.45) is 0. The molecule has 1 N–H and O–H groups in total. The van der Waals surface area contributed by atoms with E-state index in [4.69, 9.17) is 4.74 Å². The molecule has 0 bridgehead atoms. The third-order valence-corrected chi connectivity index (χ3v) is 2.38. The topological polar surface area (TPSA) is 38.3 Å². The summed E-state index contributed by atoms with van der Waals surface area (Å²) in [7, 11) is 0. The number of rotatable bonds is 2. The van der Waals surface area contributed by atoms with Gasteiger partial charge in [0.1, 0.15) is 5.82 Å². The van der Waals surface area contributed by atoms with Crippen molar-refractivity contribution in [3.63, 3.8) is 0 Å². The summed E-state index contributed by atoms with van der Waals surface area (Å²) in [5, 5.41) is 3.00. The fourth-order valence-electron chi connectivity index (χ4n) is 1.58. The Morgan fingerprint density at radius 2 is 2.27 bits per heavy atom. The largest absolute Gasteiger partial charge is 0.378 e. The summed E-state index contributed by atoms with van der Waals surface area (Å²) >= 11 is 0. The fraction of sp³-hybridized carbons (Fsp3) is 0.364. The second-order valence-corrected chi connectivity index (χ2v) is 3.43. The molecule has 0 aromatic heterocycles. The highest BCUT2D eigenvalue weighted by Gasteiger charge is 2.24. The minimum absolute atomic E-state index is 0.125. The van der Waals surface area contributed by atoms with Crippen LogP contribution in [0.3, 0.4) is 0 Å². The van der Waals surface area contributed by atoms with Crippen LogP contribution in [0.2, 0.25) is 0 Å². The van der Waals surface area contributed by atoms with E-state index in [1.54, 1.807) is 12.1 Å². The number of carbonyl (C=O) groups excluding carboxylic acids is 1. The van der Waals surface area contributed by atoms with E-state index in [-0.39, 0.29) is 11.3 Å². The first kappa shape index (κ1) is 10.3. The molecule has 1 heterocycles. The smallest absolute Gasteiger partial charge is 0.185 e. The minimum atomic E-state index is -0.477. The van der Waals surface area contributed by atoms with E-state index >= 15 is 0 Å². The van der Waals surface area contributed by atoms with Gasteiger partial charge in [0.2, 0.25) is 0 Å². The highest BCUT2D eigenvalue weighted by molar-refractivity contribution is 6.00. The quantitative estimate of drug-likeness (QED) is 0.738. The summed E-state index contributed by atoms with van der Waals surface area (Å²) < 4.78 is 18.5. The molecule has 1 aliphatic heterocycles. The third kappa shape index (κ3) is 2.22. The number of ether oxygens (including phenoxy) is 1. The van der Waals surface area contributed by atoms with Crippen LogP contribution in [-0.2, 0) is 4.74 Å². The van der Waals surface area contributed by atoms with E-state index in [0.29, 0.717) is 19.8 Å². The average molecular weight is 209 g/mol. The molecule has 1 fully saturated rings. The van der Waals surface area contributed by atoms with Crippen LogP contribution in [0.4, 0.5) is 4.39 Å². The van der Waals surface area contributed by atoms with E-state index < -0.39 is 11.9 Å². The van der Waals surface area contributed by atoms with Crippen LogP contribution in [-0.4, -0.2) is 31.6 Å². The van der Waals surface area contributed by atoms with Gasteiger partial charge in [0.25, 0.3) is 0 Å². The van der Waals surface area contributed by atoms with Crippen molar-refractivity contribution in [3.8, 4) is 0 Å². The van der Waals surface area contributed by atoms with Crippen molar-refractivity contribution in [3.05, 3.63) is 35.6 Å². The Kier molecular flexibility index (Phi) is 3.08. The second kappa shape index (κ2) is 4.51. The van der Waals surface area contributed by atoms with Gasteiger partial charge < -0.3 is 10.1 Å². The molecule has 15 heavy (non-hydrogen) atoms. The number of ketones is 1. The number of hydrogen-bond donors (Lipinski definition) is 1. The Hall–Kier alpha value is -1.26. The molecule has 80 valence electrons. The first-order chi connectivity index (χ1) is 7.29. The summed E-state index contributed by atoms with van der Waals surface area (Å²) in [4.78, 5) is 11.8. The summed E-state index contributed by atoms with van der Waals surface area (Å²) in [5.74, 6) is -0.720. The van der Waals surface area contributed by atoms with Gasteiger partial charge in [-0.3, -0.25) is 4.79 Å². The Morgan fingerprint density at radius 1 is 1.47 bits per heavy atom. The minimum Gasteiger partial charge on any atom is -0.378 e. The zero-order valence-corrected chi connectivity index (χ0v) is 8.20. The summed E-state index contributed by atoms with van der Waals surface area (Å²) in [6, 6.07) is 5.58. The van der Waals surface area contributed by atoms with Crippen LogP contribution in [0.1, 0.15) is 10.4 Å². The molecule has 0 radical (unpaired) electrons. The van der Waals surface area contributed by atoms with Gasteiger partial charge in [-0.2, -0.15) is 0 Å². The lowest BCUT2D eigenvalue weighted by Gasteiger charge is -2.22. The van der Waals surface area contributed by atoms with Crippen LogP contribution in [0.25, 0.3) is 0 Å². The van der Waals surface area contributed by atoms with Gasteiger partial charge in [0.05, 0.1) is 24.8 Å². The van der Waals surface area contributed by atoms with Gasteiger partial charge in [0, 0.05) is 6.54 Å². The molecule has 1 aromatic carbocycles. The molecule has 0 saturated carbocycles. The van der Waals surface area contributed by atoms with Gasteiger partial charge in [0.15, 0.2) is 5.78 Å². The SMILES string of the molecule is O=C(c1ccccc1F)C1COCCN1. The van der Waals surface area contributed by atoms with Crippen LogP contribution < -0.4 is 5.32 Å². The lowest BCUT2D eigenvalue weighted by atomic mass is 10.0. The monoisotopic (exact) mass is 209 g/mol. The molecule has 1 unspecified atom stereocenters. The number of carbonyl (C=O) groups is 1. The van der Waals surface area contributed by atoms with E-state index in [1.807, 2.05) is 0 Å². The maximum atomic E-state index is 13.3. The second-order valence-electron chi connectivity index (χ2n) is 3.43. The first-order valence-electron chi connectivity index (χ1n) is 4.89. The van der Waals surface area contributed by atoms with E-state index in [9.17, 15) is 9.18 Å². The number of halogens is 1. The van der Waals surface area contributed by atoms with E-state index in [0.717, 1.165) is 0 Å². The zero-order valence-electron chi connectivity index (χ0n) is 8.20. The lowest BCUT2D eigenvalue weighted by Crippen LogP contribution is -2.46. The van der Waals surface area contributed by atoms with E-state index in [1.165, 1.54) is 12.1 Å². The Balaban J connectivity index is 2.16. The van der Waals surface area contributed by atoms with Crippen molar-refractivity contribution in [1.82, 2.24) is 5.32 Å². The van der Waals surface area contributed by atoms with Crippen LogP contribution in [0.5, 0.6) is 0 Å². The number of benzene rings is 1. The normalized spacial score (nSPS) is 21.3. The number of hydrogen-bond acceptors (Lipinski definition) is 3. The fourth-order valence-corrected chi connectivity index (χ4v) is 1.58. The Bertz CT molecular complexity index is 361. The molecule has 1 aromatic rings. The molecule has 2 rings (SSSR count). The van der Waals surface area contributed by atoms with Crippen LogP contribution >= 0.6 is 0 Å². The number of morpholine rings is 1. The predicted octanol–water partition coefficient (Wildman–Crippen LogP) is 0.997. The molecule has 4 heteroatoms. The Morgan fingerprint density at radius 3 is 2.93 bits per heavy atom. The molecule has 3 nitrogen and oxygen atoms in total. The van der Waals surface area contributed by atoms with Crippen molar-refractivity contribution in [2.75, 3.05) is 19.8 Å². The summed E-state index contributed by atoms with van der Waals surface area (Å²) in [6.45, 7) is 1.54. The molecule has 1 aliphatic rings. The number of nitrogens with one attached hydrogen (secondary N) is 1. The zero-order chi connectivity index (χ0) is 10.7. The van der Waals surface area contributed by atoms with Crippen molar-refractivity contribution in [2.45, 2.75) is 6.04 Å². The van der Waals surface area contributed by atoms with Crippen molar-refractivity contribution >= 4 is 5.78 Å². The van der Waals surface area contributed by atoms with Gasteiger partial charge >= 0.3 is 0 Å². The molecular formula is C11H12FNO2. The predicted molar refractivity (Wildman–Crippen MR) is 53.3 cm³/mol. The van der Waals surface area contributed by atoms with Crippen molar-refractivity contribution in [1.29, 1.82) is 0 Å². The van der Waals surface area contributed by atoms with Crippen LogP contribution in [0, 0.1) is 5.82 Å². The molecule has 0 amide bonds. The maximum Gasteiger partial charge on any atom is 0.185 e. The van der Waals surface area contributed by atoms with Gasteiger partial charge in [-0.15, -0.1) is 0 Å². The van der Waals surface area contributed by atoms with Gasteiger partial charge in [-0.05, 0) is 12.1 Å². The highest BCUT2D eigenvalue weighted by atomic mass is 19.1. The van der Waals surface area contributed by atoms with E-state index in [2.05, 4.69) is 5.32 Å². The number of Topliss-reactive ketones (excluding diaryl/α,β-unsaturated/α-hetero) is 1. The lowest BCUT2D eigenvalue weighted by molar-refractivity contribution is 0.0605.